The number of nitrogens with zero attached hydrogens (tertiary/aromatic N) is 2. The van der Waals surface area contributed by atoms with Crippen LogP contribution in [0.5, 0.6) is 0 Å². The Labute approximate surface area is 84.6 Å². The summed E-state index contributed by atoms with van der Waals surface area (Å²) in [5.41, 5.74) is 2.92. The summed E-state index contributed by atoms with van der Waals surface area (Å²) in [7, 11) is 0. The number of halogens is 1. The molecule has 13 heavy (non-hydrogen) atoms. The highest BCUT2D eigenvalue weighted by Crippen LogP contribution is 2.27. The van der Waals surface area contributed by atoms with Crippen molar-refractivity contribution in [2.75, 3.05) is 0 Å². The average molecular weight is 241 g/mol. The fourth-order valence-electron chi connectivity index (χ4n) is 1.64. The summed E-state index contributed by atoms with van der Waals surface area (Å²) in [6, 6.07) is 0. The van der Waals surface area contributed by atoms with Crippen LogP contribution in [0.1, 0.15) is 24.0 Å². The van der Waals surface area contributed by atoms with Gasteiger partial charge in [-0.25, -0.2) is 0 Å². The van der Waals surface area contributed by atoms with Gasteiger partial charge in [-0.15, -0.1) is 0 Å². The summed E-state index contributed by atoms with van der Waals surface area (Å²) >= 11 is 3.44. The fourth-order valence-corrected chi connectivity index (χ4v) is 2.17. The lowest BCUT2D eigenvalue weighted by molar-refractivity contribution is 0.317. The Hall–Kier alpha value is -0.900. The van der Waals surface area contributed by atoms with E-state index in [2.05, 4.69) is 26.1 Å². The summed E-state index contributed by atoms with van der Waals surface area (Å²) in [6.07, 6.45) is 6.43. The Kier molecular flexibility index (Phi) is 2.31. The van der Waals surface area contributed by atoms with Crippen LogP contribution in [0.3, 0.4) is 0 Å². The van der Waals surface area contributed by atoms with E-state index in [1.807, 2.05) is 0 Å². The molecular weight excluding hydrogens is 232 g/mol. The van der Waals surface area contributed by atoms with E-state index in [9.17, 15) is 0 Å². The van der Waals surface area contributed by atoms with Gasteiger partial charge in [0.25, 0.3) is 0 Å². The molecule has 1 aliphatic rings. The normalized spacial score (nSPS) is 18.7. The summed E-state index contributed by atoms with van der Waals surface area (Å²) < 4.78 is 1.01. The molecule has 2 rings (SSSR count). The zero-order valence-corrected chi connectivity index (χ0v) is 8.58. The molecule has 0 aromatic carbocycles. The molecule has 0 radical (unpaired) electrons. The minimum atomic E-state index is 0.745. The average Bonchev–Trinajstić information content (AvgIpc) is 2.18. The molecule has 1 N–H and O–H groups in total. The van der Waals surface area contributed by atoms with Gasteiger partial charge in [-0.2, -0.15) is 0 Å². The lowest BCUT2D eigenvalue weighted by Gasteiger charge is -2.16. The molecule has 0 saturated heterocycles. The maximum absolute atomic E-state index is 8.77. The summed E-state index contributed by atoms with van der Waals surface area (Å²) in [5, 5.41) is 12.1. The second kappa shape index (κ2) is 3.46. The van der Waals surface area contributed by atoms with E-state index in [0.717, 1.165) is 35.0 Å². The first kappa shape index (κ1) is 8.69. The molecule has 4 heteroatoms. The second-order valence-electron chi connectivity index (χ2n) is 3.05. The van der Waals surface area contributed by atoms with Crippen LogP contribution in [-0.4, -0.2) is 15.9 Å². The van der Waals surface area contributed by atoms with E-state index in [4.69, 9.17) is 5.21 Å². The molecule has 1 aromatic rings. The van der Waals surface area contributed by atoms with Gasteiger partial charge in [0.15, 0.2) is 0 Å². The number of pyridine rings is 1. The number of hydrogen-bond donors (Lipinski definition) is 1. The topological polar surface area (TPSA) is 45.5 Å². The zero-order chi connectivity index (χ0) is 9.26. The van der Waals surface area contributed by atoms with Crippen LogP contribution < -0.4 is 0 Å². The molecule has 1 aliphatic carbocycles. The largest absolute Gasteiger partial charge is 0.411 e. The first-order valence-electron chi connectivity index (χ1n) is 4.16. The van der Waals surface area contributed by atoms with Crippen LogP contribution in [0.2, 0.25) is 0 Å². The highest BCUT2D eigenvalue weighted by atomic mass is 79.9. The molecule has 1 heterocycles. The van der Waals surface area contributed by atoms with Crippen LogP contribution >= 0.6 is 15.9 Å². The smallest absolute Gasteiger partial charge is 0.0886 e. The monoisotopic (exact) mass is 240 g/mol. The molecule has 0 unspecified atom stereocenters. The van der Waals surface area contributed by atoms with Gasteiger partial charge in [0.05, 0.1) is 5.71 Å². The van der Waals surface area contributed by atoms with Gasteiger partial charge in [0.1, 0.15) is 0 Å². The Morgan fingerprint density at radius 3 is 3.00 bits per heavy atom. The minimum absolute atomic E-state index is 0.745. The molecule has 0 amide bonds. The molecule has 0 bridgehead atoms. The van der Waals surface area contributed by atoms with Crippen LogP contribution in [0.15, 0.2) is 22.0 Å². The molecular formula is C9H9BrN2O. The van der Waals surface area contributed by atoms with Crippen molar-refractivity contribution >= 4 is 21.6 Å². The molecule has 0 fully saturated rings. The molecule has 0 spiro atoms. The van der Waals surface area contributed by atoms with Crippen LogP contribution in [0.25, 0.3) is 0 Å². The first-order valence-corrected chi connectivity index (χ1v) is 4.96. The first-order chi connectivity index (χ1) is 6.33. The van der Waals surface area contributed by atoms with E-state index in [1.54, 1.807) is 12.4 Å². The number of aromatic nitrogens is 1. The lowest BCUT2D eigenvalue weighted by Crippen LogP contribution is -2.12. The van der Waals surface area contributed by atoms with Crippen molar-refractivity contribution in [3.8, 4) is 0 Å². The quantitative estimate of drug-likeness (QED) is 0.559. The lowest BCUT2D eigenvalue weighted by atomic mass is 9.92. The van der Waals surface area contributed by atoms with E-state index < -0.39 is 0 Å². The van der Waals surface area contributed by atoms with Crippen LogP contribution in [-0.2, 0) is 6.42 Å². The maximum Gasteiger partial charge on any atom is 0.0886 e. The molecule has 0 atom stereocenters. The van der Waals surface area contributed by atoms with Gasteiger partial charge >= 0.3 is 0 Å². The van der Waals surface area contributed by atoms with Crippen molar-refractivity contribution in [3.63, 3.8) is 0 Å². The number of oxime groups is 1. The highest BCUT2D eigenvalue weighted by molar-refractivity contribution is 9.10. The molecule has 3 nitrogen and oxygen atoms in total. The predicted molar refractivity (Wildman–Crippen MR) is 53.2 cm³/mol. The molecule has 0 saturated carbocycles. The fraction of sp³-hybridized carbons (Fsp3) is 0.333. The highest BCUT2D eigenvalue weighted by Gasteiger charge is 2.17. The van der Waals surface area contributed by atoms with Gasteiger partial charge in [0, 0.05) is 22.4 Å². The Balaban J connectivity index is 2.58. The second-order valence-corrected chi connectivity index (χ2v) is 3.90. The Morgan fingerprint density at radius 1 is 1.38 bits per heavy atom. The van der Waals surface area contributed by atoms with Gasteiger partial charge in [-0.3, -0.25) is 4.98 Å². The van der Waals surface area contributed by atoms with Crippen molar-refractivity contribution in [3.05, 3.63) is 28.0 Å². The zero-order valence-electron chi connectivity index (χ0n) is 7.00. The van der Waals surface area contributed by atoms with E-state index in [1.165, 1.54) is 5.56 Å². The molecule has 68 valence electrons. The Bertz CT molecular complexity index is 363. The van der Waals surface area contributed by atoms with E-state index in [-0.39, 0.29) is 0 Å². The maximum atomic E-state index is 8.77. The third kappa shape index (κ3) is 1.46. The van der Waals surface area contributed by atoms with Gasteiger partial charge in [0.2, 0.25) is 0 Å². The SMILES string of the molecule is ON=C1CCCc2c(Br)cncc21. The summed E-state index contributed by atoms with van der Waals surface area (Å²) in [4.78, 5) is 4.06. The summed E-state index contributed by atoms with van der Waals surface area (Å²) in [5.74, 6) is 0. The number of rotatable bonds is 0. The molecule has 1 aromatic heterocycles. The van der Waals surface area contributed by atoms with E-state index in [0.29, 0.717) is 0 Å². The Morgan fingerprint density at radius 2 is 2.23 bits per heavy atom. The third-order valence-electron chi connectivity index (χ3n) is 2.28. The van der Waals surface area contributed by atoms with Gasteiger partial charge in [-0.05, 0) is 40.8 Å². The van der Waals surface area contributed by atoms with Gasteiger partial charge in [-0.1, -0.05) is 5.16 Å². The van der Waals surface area contributed by atoms with Crippen molar-refractivity contribution in [1.29, 1.82) is 0 Å². The predicted octanol–water partition coefficient (Wildman–Crippen LogP) is 2.36. The van der Waals surface area contributed by atoms with E-state index >= 15 is 0 Å². The molecule has 0 aliphatic heterocycles. The van der Waals surface area contributed by atoms with Crippen LogP contribution in [0, 0.1) is 0 Å². The van der Waals surface area contributed by atoms with Crippen molar-refractivity contribution in [2.45, 2.75) is 19.3 Å². The summed E-state index contributed by atoms with van der Waals surface area (Å²) in [6.45, 7) is 0. The number of hydrogen-bond acceptors (Lipinski definition) is 3. The van der Waals surface area contributed by atoms with Gasteiger partial charge < -0.3 is 5.21 Å². The van der Waals surface area contributed by atoms with Crippen molar-refractivity contribution in [2.24, 2.45) is 5.16 Å². The standard InChI is InChI=1S/C9H9BrN2O/c10-8-5-11-4-7-6(8)2-1-3-9(7)12-13/h4-5,13H,1-3H2. The van der Waals surface area contributed by atoms with Crippen LogP contribution in [0.4, 0.5) is 0 Å². The number of fused-ring (bicyclic) bond motifs is 1. The van der Waals surface area contributed by atoms with Crippen molar-refractivity contribution < 1.29 is 5.21 Å². The van der Waals surface area contributed by atoms with Crippen molar-refractivity contribution in [1.82, 2.24) is 4.98 Å². The third-order valence-corrected chi connectivity index (χ3v) is 2.96. The minimum Gasteiger partial charge on any atom is -0.411 e.